The van der Waals surface area contributed by atoms with Gasteiger partial charge in [-0.2, -0.15) is 0 Å². The fourth-order valence-electron chi connectivity index (χ4n) is 2.11. The number of nitrogens with one attached hydrogen (secondary N) is 1. The molecular weight excluding hydrogens is 297 g/mol. The van der Waals surface area contributed by atoms with Crippen LogP contribution in [0.1, 0.15) is 21.8 Å². The fourth-order valence-corrected chi connectivity index (χ4v) is 2.11. The van der Waals surface area contributed by atoms with Gasteiger partial charge in [0.1, 0.15) is 5.82 Å². The second-order valence-corrected chi connectivity index (χ2v) is 5.06. The number of hydrogen-bond acceptors (Lipinski definition) is 4. The van der Waals surface area contributed by atoms with Crippen LogP contribution < -0.4 is 5.32 Å². The Morgan fingerprint density at radius 2 is 2.00 bits per heavy atom. The van der Waals surface area contributed by atoms with Crippen LogP contribution >= 0.6 is 0 Å². The predicted molar refractivity (Wildman–Crippen MR) is 82.0 cm³/mol. The van der Waals surface area contributed by atoms with E-state index in [0.717, 1.165) is 11.1 Å². The van der Waals surface area contributed by atoms with Gasteiger partial charge in [-0.25, -0.2) is 4.39 Å². The van der Waals surface area contributed by atoms with Crippen LogP contribution in [-0.2, 0) is 6.54 Å². The predicted octanol–water partition coefficient (Wildman–Crippen LogP) is 3.11. The van der Waals surface area contributed by atoms with Crippen molar-refractivity contribution in [2.24, 2.45) is 0 Å². The summed E-state index contributed by atoms with van der Waals surface area (Å²) < 4.78 is 18.6. The summed E-state index contributed by atoms with van der Waals surface area (Å²) in [5, 5.41) is 10.5. The van der Waals surface area contributed by atoms with Crippen molar-refractivity contribution in [3.05, 3.63) is 71.4 Å². The third-order valence-electron chi connectivity index (χ3n) is 3.22. The number of carbonyl (C=O) groups is 1. The smallest absolute Gasteiger partial charge is 0.251 e. The molecule has 0 atom stereocenters. The first-order valence-electron chi connectivity index (χ1n) is 7.05. The largest absolute Gasteiger partial charge is 0.419 e. The van der Waals surface area contributed by atoms with Crippen molar-refractivity contribution in [2.75, 3.05) is 0 Å². The molecule has 0 spiro atoms. The van der Waals surface area contributed by atoms with Crippen LogP contribution in [0.15, 0.2) is 52.9 Å². The lowest BCUT2D eigenvalue weighted by Crippen LogP contribution is -2.23. The number of rotatable bonds is 4. The summed E-state index contributed by atoms with van der Waals surface area (Å²) in [7, 11) is 0. The van der Waals surface area contributed by atoms with Gasteiger partial charge in [-0.05, 0) is 37.3 Å². The lowest BCUT2D eigenvalue weighted by atomic mass is 10.1. The highest BCUT2D eigenvalue weighted by Gasteiger charge is 2.11. The lowest BCUT2D eigenvalue weighted by molar-refractivity contribution is 0.0947. The summed E-state index contributed by atoms with van der Waals surface area (Å²) >= 11 is 0. The van der Waals surface area contributed by atoms with Crippen molar-refractivity contribution in [3.8, 4) is 11.5 Å². The van der Waals surface area contributed by atoms with Crippen LogP contribution in [0, 0.1) is 12.7 Å². The van der Waals surface area contributed by atoms with Crippen LogP contribution in [0.2, 0.25) is 0 Å². The molecule has 23 heavy (non-hydrogen) atoms. The highest BCUT2D eigenvalue weighted by molar-refractivity contribution is 5.94. The van der Waals surface area contributed by atoms with Gasteiger partial charge < -0.3 is 9.73 Å². The third-order valence-corrected chi connectivity index (χ3v) is 3.22. The molecule has 0 aliphatic rings. The number of aryl methyl sites for hydroxylation is 1. The minimum absolute atomic E-state index is 0.0775. The molecule has 0 fully saturated rings. The third kappa shape index (κ3) is 3.60. The molecule has 1 heterocycles. The van der Waals surface area contributed by atoms with Crippen LogP contribution in [0.3, 0.4) is 0 Å². The van der Waals surface area contributed by atoms with Gasteiger partial charge in [0.2, 0.25) is 11.8 Å². The van der Waals surface area contributed by atoms with Crippen molar-refractivity contribution >= 4 is 5.91 Å². The molecule has 1 amide bonds. The minimum atomic E-state index is -0.461. The zero-order chi connectivity index (χ0) is 16.2. The maximum absolute atomic E-state index is 13.1. The molecule has 5 nitrogen and oxygen atoms in total. The van der Waals surface area contributed by atoms with Crippen LogP contribution in [0.5, 0.6) is 0 Å². The average molecular weight is 311 g/mol. The van der Waals surface area contributed by atoms with Crippen molar-refractivity contribution in [3.63, 3.8) is 0 Å². The number of hydrogen-bond donors (Lipinski definition) is 1. The molecule has 6 heteroatoms. The molecule has 2 aromatic carbocycles. The summed E-state index contributed by atoms with van der Waals surface area (Å²) in [4.78, 5) is 11.9. The van der Waals surface area contributed by atoms with Crippen molar-refractivity contribution < 1.29 is 13.6 Å². The van der Waals surface area contributed by atoms with E-state index in [1.54, 1.807) is 0 Å². The number of nitrogens with zero attached hydrogens (tertiary/aromatic N) is 2. The Kier molecular flexibility index (Phi) is 4.14. The number of aromatic nitrogens is 2. The van der Waals surface area contributed by atoms with E-state index in [2.05, 4.69) is 15.5 Å². The minimum Gasteiger partial charge on any atom is -0.419 e. The fraction of sp³-hybridized carbons (Fsp3) is 0.118. The lowest BCUT2D eigenvalue weighted by Gasteiger charge is -2.02. The monoisotopic (exact) mass is 311 g/mol. The van der Waals surface area contributed by atoms with E-state index in [1.165, 1.54) is 24.3 Å². The summed E-state index contributed by atoms with van der Waals surface area (Å²) in [6, 6.07) is 13.1. The molecule has 0 aliphatic carbocycles. The molecule has 0 radical (unpaired) electrons. The Bertz CT molecular complexity index is 845. The van der Waals surface area contributed by atoms with Gasteiger partial charge in [0.05, 0.1) is 6.54 Å². The molecule has 1 N–H and O–H groups in total. The molecule has 0 saturated carbocycles. The number of halogens is 1. The molecule has 0 aliphatic heterocycles. The highest BCUT2D eigenvalue weighted by Crippen LogP contribution is 2.18. The standard InChI is InChI=1S/C17H14FN3O2/c1-11-4-2-6-13(8-11)17-21-20-15(23-17)10-19-16(22)12-5-3-7-14(18)9-12/h2-9H,10H2,1H3,(H,19,22). The van der Waals surface area contributed by atoms with Crippen LogP contribution in [0.4, 0.5) is 4.39 Å². The second kappa shape index (κ2) is 6.39. The van der Waals surface area contributed by atoms with Crippen molar-refractivity contribution in [1.29, 1.82) is 0 Å². The van der Waals surface area contributed by atoms with Crippen molar-refractivity contribution in [1.82, 2.24) is 15.5 Å². The van der Waals surface area contributed by atoms with Crippen LogP contribution in [0.25, 0.3) is 11.5 Å². The highest BCUT2D eigenvalue weighted by atomic mass is 19.1. The summed E-state index contributed by atoms with van der Waals surface area (Å²) in [6.07, 6.45) is 0. The maximum Gasteiger partial charge on any atom is 0.251 e. The molecule has 3 rings (SSSR count). The first kappa shape index (κ1) is 14.9. The summed E-state index contributed by atoms with van der Waals surface area (Å²) in [6.45, 7) is 2.05. The Morgan fingerprint density at radius 1 is 1.17 bits per heavy atom. The normalized spacial score (nSPS) is 10.5. The molecule has 3 aromatic rings. The van der Waals surface area contributed by atoms with Crippen molar-refractivity contribution in [2.45, 2.75) is 13.5 Å². The quantitative estimate of drug-likeness (QED) is 0.804. The number of benzene rings is 2. The Labute approximate surface area is 132 Å². The van der Waals surface area contributed by atoms with Gasteiger partial charge in [0.15, 0.2) is 0 Å². The SMILES string of the molecule is Cc1cccc(-c2nnc(CNC(=O)c3cccc(F)c3)o2)c1. The van der Waals surface area contributed by atoms with E-state index in [4.69, 9.17) is 4.42 Å². The van der Waals surface area contributed by atoms with E-state index in [0.29, 0.717) is 5.89 Å². The molecule has 0 saturated heterocycles. The van der Waals surface area contributed by atoms with E-state index < -0.39 is 11.7 Å². The molecular formula is C17H14FN3O2. The first-order valence-corrected chi connectivity index (χ1v) is 7.05. The van der Waals surface area contributed by atoms with Gasteiger partial charge in [0, 0.05) is 11.1 Å². The van der Waals surface area contributed by atoms with E-state index in [9.17, 15) is 9.18 Å². The molecule has 0 unspecified atom stereocenters. The Balaban J connectivity index is 1.67. The molecule has 116 valence electrons. The zero-order valence-corrected chi connectivity index (χ0v) is 12.4. The zero-order valence-electron chi connectivity index (χ0n) is 12.4. The Hall–Kier alpha value is -3.02. The number of amides is 1. The topological polar surface area (TPSA) is 68.0 Å². The molecule has 0 bridgehead atoms. The van der Waals surface area contributed by atoms with Gasteiger partial charge >= 0.3 is 0 Å². The van der Waals surface area contributed by atoms with E-state index in [-0.39, 0.29) is 18.0 Å². The second-order valence-electron chi connectivity index (χ2n) is 5.06. The number of carbonyl (C=O) groups excluding carboxylic acids is 1. The van der Waals surface area contributed by atoms with Gasteiger partial charge in [0.25, 0.3) is 5.91 Å². The van der Waals surface area contributed by atoms with Gasteiger partial charge in [-0.1, -0.05) is 23.8 Å². The summed E-state index contributed by atoms with van der Waals surface area (Å²) in [5.74, 6) is -0.188. The average Bonchev–Trinajstić information content (AvgIpc) is 3.01. The van der Waals surface area contributed by atoms with Gasteiger partial charge in [-0.3, -0.25) is 4.79 Å². The van der Waals surface area contributed by atoms with Crippen LogP contribution in [-0.4, -0.2) is 16.1 Å². The Morgan fingerprint density at radius 3 is 2.78 bits per heavy atom. The van der Waals surface area contributed by atoms with E-state index >= 15 is 0 Å². The van der Waals surface area contributed by atoms with E-state index in [1.807, 2.05) is 31.2 Å². The maximum atomic E-state index is 13.1. The first-order chi connectivity index (χ1) is 11.1. The van der Waals surface area contributed by atoms with Gasteiger partial charge in [-0.15, -0.1) is 10.2 Å². The molecule has 1 aromatic heterocycles. The summed E-state index contributed by atoms with van der Waals surface area (Å²) in [5.41, 5.74) is 2.14.